The summed E-state index contributed by atoms with van der Waals surface area (Å²) in [6.07, 6.45) is 2.23. The molecule has 0 aliphatic heterocycles. The third-order valence-electron chi connectivity index (χ3n) is 2.60. The van der Waals surface area contributed by atoms with Gasteiger partial charge in [0.2, 0.25) is 5.88 Å². The van der Waals surface area contributed by atoms with Gasteiger partial charge in [0.25, 0.3) is 0 Å². The summed E-state index contributed by atoms with van der Waals surface area (Å²) in [5.41, 5.74) is 0.920. The van der Waals surface area contributed by atoms with Gasteiger partial charge in [0.1, 0.15) is 17.9 Å². The summed E-state index contributed by atoms with van der Waals surface area (Å²) in [7, 11) is 1.82. The predicted octanol–water partition coefficient (Wildman–Crippen LogP) is 4.29. The first-order chi connectivity index (χ1) is 9.15. The molecule has 0 amide bonds. The molecule has 1 aromatic heterocycles. The van der Waals surface area contributed by atoms with Crippen molar-refractivity contribution in [2.45, 2.75) is 13.3 Å². The molecule has 0 spiro atoms. The van der Waals surface area contributed by atoms with Crippen LogP contribution in [0.25, 0.3) is 0 Å². The molecule has 0 atom stereocenters. The number of anilines is 1. The van der Waals surface area contributed by atoms with Crippen molar-refractivity contribution in [2.24, 2.45) is 0 Å². The third kappa shape index (κ3) is 3.16. The standard InChI is InChI=1S/C13H13BrClN3O/c1-3-9-12(16-2)17-7-18-13(9)19-11-5-4-8(14)6-10(11)15/h4-7H,3H2,1-2H3,(H,16,17,18). The second-order valence-electron chi connectivity index (χ2n) is 3.79. The first-order valence-electron chi connectivity index (χ1n) is 5.80. The highest BCUT2D eigenvalue weighted by Gasteiger charge is 2.12. The van der Waals surface area contributed by atoms with E-state index in [-0.39, 0.29) is 0 Å². The fraction of sp³-hybridized carbons (Fsp3) is 0.231. The first-order valence-corrected chi connectivity index (χ1v) is 6.97. The van der Waals surface area contributed by atoms with E-state index >= 15 is 0 Å². The zero-order valence-electron chi connectivity index (χ0n) is 10.6. The summed E-state index contributed by atoms with van der Waals surface area (Å²) < 4.78 is 6.69. The minimum absolute atomic E-state index is 0.520. The van der Waals surface area contributed by atoms with Crippen molar-refractivity contribution < 1.29 is 4.74 Å². The van der Waals surface area contributed by atoms with E-state index < -0.39 is 0 Å². The van der Waals surface area contributed by atoms with Crippen LogP contribution in [0.5, 0.6) is 11.6 Å². The molecule has 2 aromatic rings. The number of hydrogen-bond acceptors (Lipinski definition) is 4. The molecule has 2 rings (SSSR count). The number of halogens is 2. The van der Waals surface area contributed by atoms with E-state index in [0.29, 0.717) is 16.7 Å². The Labute approximate surface area is 125 Å². The summed E-state index contributed by atoms with van der Waals surface area (Å²) in [4.78, 5) is 8.34. The van der Waals surface area contributed by atoms with Crippen molar-refractivity contribution in [2.75, 3.05) is 12.4 Å². The highest BCUT2D eigenvalue weighted by atomic mass is 79.9. The van der Waals surface area contributed by atoms with Crippen LogP contribution in [-0.2, 0) is 6.42 Å². The molecular weight excluding hydrogens is 330 g/mol. The van der Waals surface area contributed by atoms with Crippen molar-refractivity contribution >= 4 is 33.3 Å². The number of aromatic nitrogens is 2. The van der Waals surface area contributed by atoms with E-state index in [1.165, 1.54) is 6.33 Å². The van der Waals surface area contributed by atoms with Crippen LogP contribution >= 0.6 is 27.5 Å². The maximum atomic E-state index is 6.13. The number of rotatable bonds is 4. The number of hydrogen-bond donors (Lipinski definition) is 1. The van der Waals surface area contributed by atoms with E-state index in [2.05, 4.69) is 31.2 Å². The number of nitrogens with one attached hydrogen (secondary N) is 1. The van der Waals surface area contributed by atoms with E-state index in [1.807, 2.05) is 20.0 Å². The maximum Gasteiger partial charge on any atom is 0.227 e. The van der Waals surface area contributed by atoms with Crippen molar-refractivity contribution in [1.29, 1.82) is 0 Å². The maximum absolute atomic E-state index is 6.13. The average molecular weight is 343 g/mol. The molecule has 0 bridgehead atoms. The lowest BCUT2D eigenvalue weighted by molar-refractivity contribution is 0.456. The highest BCUT2D eigenvalue weighted by Crippen LogP contribution is 2.33. The van der Waals surface area contributed by atoms with Crippen molar-refractivity contribution in [3.8, 4) is 11.6 Å². The predicted molar refractivity (Wildman–Crippen MR) is 80.2 cm³/mol. The molecule has 0 aliphatic carbocycles. The number of benzene rings is 1. The Bertz CT molecular complexity index is 592. The molecule has 0 aliphatic rings. The van der Waals surface area contributed by atoms with Crippen molar-refractivity contribution in [3.05, 3.63) is 39.6 Å². The van der Waals surface area contributed by atoms with E-state index in [1.54, 1.807) is 12.1 Å². The Kier molecular flexibility index (Phi) is 4.61. The highest BCUT2D eigenvalue weighted by molar-refractivity contribution is 9.10. The summed E-state index contributed by atoms with van der Waals surface area (Å²) in [6, 6.07) is 5.45. The zero-order valence-corrected chi connectivity index (χ0v) is 12.9. The van der Waals surface area contributed by atoms with Gasteiger partial charge in [0, 0.05) is 11.5 Å². The van der Waals surface area contributed by atoms with E-state index in [9.17, 15) is 0 Å². The molecular formula is C13H13BrClN3O. The van der Waals surface area contributed by atoms with Crippen LogP contribution in [-0.4, -0.2) is 17.0 Å². The van der Waals surface area contributed by atoms with Gasteiger partial charge in [-0.3, -0.25) is 0 Å². The van der Waals surface area contributed by atoms with Crippen LogP contribution in [0.1, 0.15) is 12.5 Å². The minimum Gasteiger partial charge on any atom is -0.437 e. The van der Waals surface area contributed by atoms with Gasteiger partial charge in [-0.25, -0.2) is 9.97 Å². The van der Waals surface area contributed by atoms with Gasteiger partial charge < -0.3 is 10.1 Å². The molecule has 1 heterocycles. The fourth-order valence-electron chi connectivity index (χ4n) is 1.68. The van der Waals surface area contributed by atoms with Gasteiger partial charge in [-0.15, -0.1) is 0 Å². The largest absolute Gasteiger partial charge is 0.437 e. The topological polar surface area (TPSA) is 47.0 Å². The summed E-state index contributed by atoms with van der Waals surface area (Å²) in [5.74, 6) is 1.85. The van der Waals surface area contributed by atoms with Gasteiger partial charge in [0.05, 0.1) is 10.6 Å². The molecule has 19 heavy (non-hydrogen) atoms. The molecule has 100 valence electrons. The lowest BCUT2D eigenvalue weighted by Gasteiger charge is -2.12. The van der Waals surface area contributed by atoms with Gasteiger partial charge in [-0.2, -0.15) is 0 Å². The lowest BCUT2D eigenvalue weighted by Crippen LogP contribution is -2.02. The SMILES string of the molecule is CCc1c(NC)ncnc1Oc1ccc(Br)cc1Cl. The summed E-state index contributed by atoms with van der Waals surface area (Å²) in [6.45, 7) is 2.02. The summed E-state index contributed by atoms with van der Waals surface area (Å²) >= 11 is 9.49. The van der Waals surface area contributed by atoms with Gasteiger partial charge in [0.15, 0.2) is 0 Å². The smallest absolute Gasteiger partial charge is 0.227 e. The van der Waals surface area contributed by atoms with E-state index in [0.717, 1.165) is 22.3 Å². The van der Waals surface area contributed by atoms with Crippen LogP contribution in [0.3, 0.4) is 0 Å². The molecule has 0 saturated carbocycles. The summed E-state index contributed by atoms with van der Waals surface area (Å²) in [5, 5.41) is 3.55. The molecule has 0 unspecified atom stereocenters. The van der Waals surface area contributed by atoms with Crippen molar-refractivity contribution in [3.63, 3.8) is 0 Å². The number of ether oxygens (including phenoxy) is 1. The van der Waals surface area contributed by atoms with Crippen LogP contribution < -0.4 is 10.1 Å². The minimum atomic E-state index is 0.520. The Morgan fingerprint density at radius 1 is 1.37 bits per heavy atom. The molecule has 4 nitrogen and oxygen atoms in total. The van der Waals surface area contributed by atoms with Gasteiger partial charge >= 0.3 is 0 Å². The third-order valence-corrected chi connectivity index (χ3v) is 3.39. The van der Waals surface area contributed by atoms with Crippen molar-refractivity contribution in [1.82, 2.24) is 9.97 Å². The monoisotopic (exact) mass is 341 g/mol. The fourth-order valence-corrected chi connectivity index (χ4v) is 2.39. The molecule has 0 fully saturated rings. The molecule has 1 aromatic carbocycles. The van der Waals surface area contributed by atoms with E-state index in [4.69, 9.17) is 16.3 Å². The molecule has 0 radical (unpaired) electrons. The average Bonchev–Trinajstić information content (AvgIpc) is 2.41. The first kappa shape index (κ1) is 14.1. The quantitative estimate of drug-likeness (QED) is 0.900. The second-order valence-corrected chi connectivity index (χ2v) is 5.11. The Hall–Kier alpha value is -1.33. The normalized spacial score (nSPS) is 10.3. The molecule has 6 heteroatoms. The zero-order chi connectivity index (χ0) is 13.8. The van der Waals surface area contributed by atoms with Gasteiger partial charge in [-0.1, -0.05) is 34.5 Å². The van der Waals surface area contributed by atoms with Crippen LogP contribution in [0.4, 0.5) is 5.82 Å². The molecule has 0 saturated heterocycles. The van der Waals surface area contributed by atoms with Crippen LogP contribution in [0.2, 0.25) is 5.02 Å². The lowest BCUT2D eigenvalue weighted by atomic mass is 10.2. The van der Waals surface area contributed by atoms with Crippen LogP contribution in [0, 0.1) is 0 Å². The molecule has 1 N–H and O–H groups in total. The Morgan fingerprint density at radius 2 is 2.16 bits per heavy atom. The van der Waals surface area contributed by atoms with Crippen LogP contribution in [0.15, 0.2) is 29.0 Å². The number of nitrogens with zero attached hydrogens (tertiary/aromatic N) is 2. The second kappa shape index (κ2) is 6.21. The Morgan fingerprint density at radius 3 is 2.79 bits per heavy atom. The Balaban J connectivity index is 2.37. The van der Waals surface area contributed by atoms with Gasteiger partial charge in [-0.05, 0) is 24.6 Å².